The average Bonchev–Trinajstić information content (AvgIpc) is 2.89. The molecule has 0 aliphatic rings. The van der Waals surface area contributed by atoms with Gasteiger partial charge in [-0.25, -0.2) is 9.97 Å². The van der Waals surface area contributed by atoms with Crippen molar-refractivity contribution in [3.8, 4) is 0 Å². The first-order valence-electron chi connectivity index (χ1n) is 7.37. The van der Waals surface area contributed by atoms with Gasteiger partial charge in [0.1, 0.15) is 11.2 Å². The second-order valence-corrected chi connectivity index (χ2v) is 8.33. The zero-order valence-corrected chi connectivity index (χ0v) is 15.5. The van der Waals surface area contributed by atoms with Gasteiger partial charge in [-0.1, -0.05) is 42.4 Å². The molecule has 0 spiro atoms. The Kier molecular flexibility index (Phi) is 5.08. The van der Waals surface area contributed by atoms with Crippen LogP contribution in [0, 0.1) is 0 Å². The number of thioether (sulfide) groups is 1. The first-order valence-corrected chi connectivity index (χ1v) is 9.44. The van der Waals surface area contributed by atoms with Gasteiger partial charge in [-0.05, 0) is 30.0 Å². The number of benzene rings is 1. The molecule has 2 aromatic heterocycles. The van der Waals surface area contributed by atoms with Gasteiger partial charge in [0, 0.05) is 17.2 Å². The number of alkyl halides is 2. The molecule has 0 radical (unpaired) electrons. The molecule has 126 valence electrons. The van der Waals surface area contributed by atoms with Crippen molar-refractivity contribution in [2.45, 2.75) is 36.3 Å². The van der Waals surface area contributed by atoms with Crippen LogP contribution in [0.3, 0.4) is 0 Å². The highest BCUT2D eigenvalue weighted by atomic mass is 35.5. The van der Waals surface area contributed by atoms with E-state index in [1.165, 1.54) is 11.3 Å². The van der Waals surface area contributed by atoms with Crippen LogP contribution >= 0.6 is 34.7 Å². The fraction of sp³-hybridized carbons (Fsp3) is 0.294. The maximum Gasteiger partial charge on any atom is 0.295 e. The van der Waals surface area contributed by atoms with E-state index in [0.29, 0.717) is 28.1 Å². The molecule has 2 nitrogen and oxygen atoms in total. The lowest BCUT2D eigenvalue weighted by atomic mass is 9.95. The molecule has 0 aliphatic carbocycles. The number of fused-ring (bicyclic) bond motifs is 1. The average molecular weight is 385 g/mol. The molecule has 0 bridgehead atoms. The lowest BCUT2D eigenvalue weighted by Gasteiger charge is -2.14. The van der Waals surface area contributed by atoms with Crippen molar-refractivity contribution in [2.75, 3.05) is 0 Å². The van der Waals surface area contributed by atoms with E-state index in [1.807, 2.05) is 17.5 Å². The minimum Gasteiger partial charge on any atom is -0.241 e. The molecule has 24 heavy (non-hydrogen) atoms. The summed E-state index contributed by atoms with van der Waals surface area (Å²) in [6.45, 7) is 2.99. The van der Waals surface area contributed by atoms with Gasteiger partial charge in [-0.15, -0.1) is 11.3 Å². The molecule has 1 aromatic carbocycles. The zero-order valence-electron chi connectivity index (χ0n) is 13.1. The first-order chi connectivity index (χ1) is 11.3. The molecule has 3 rings (SSSR count). The van der Waals surface area contributed by atoms with Crippen LogP contribution in [-0.4, -0.2) is 15.2 Å². The third-order valence-corrected chi connectivity index (χ3v) is 5.83. The minimum atomic E-state index is -2.77. The van der Waals surface area contributed by atoms with Crippen LogP contribution in [0.1, 0.15) is 31.0 Å². The molecule has 1 unspecified atom stereocenters. The van der Waals surface area contributed by atoms with Crippen molar-refractivity contribution >= 4 is 44.9 Å². The van der Waals surface area contributed by atoms with E-state index in [-0.39, 0.29) is 5.92 Å². The summed E-state index contributed by atoms with van der Waals surface area (Å²) in [6.07, 6.45) is 2.27. The van der Waals surface area contributed by atoms with E-state index in [9.17, 15) is 8.78 Å². The molecule has 0 fully saturated rings. The van der Waals surface area contributed by atoms with E-state index in [4.69, 9.17) is 11.6 Å². The third-order valence-electron chi connectivity index (χ3n) is 3.65. The smallest absolute Gasteiger partial charge is 0.241 e. The normalized spacial score (nSPS) is 13.4. The lowest BCUT2D eigenvalue weighted by molar-refractivity contribution is 0.129. The van der Waals surface area contributed by atoms with Crippen molar-refractivity contribution in [2.24, 2.45) is 0 Å². The summed E-state index contributed by atoms with van der Waals surface area (Å²) in [5.41, 5.74) is 1.99. The number of nitrogens with zero attached hydrogens (tertiary/aromatic N) is 2. The van der Waals surface area contributed by atoms with Gasteiger partial charge in [0.2, 0.25) is 0 Å². The lowest BCUT2D eigenvalue weighted by Crippen LogP contribution is -2.03. The summed E-state index contributed by atoms with van der Waals surface area (Å²) in [5.74, 6) is 0.195. The predicted molar refractivity (Wildman–Crippen MR) is 97.5 cm³/mol. The van der Waals surface area contributed by atoms with Crippen LogP contribution < -0.4 is 0 Å². The Morgan fingerprint density at radius 3 is 2.62 bits per heavy atom. The van der Waals surface area contributed by atoms with Crippen molar-refractivity contribution in [1.82, 2.24) is 9.97 Å². The molecule has 0 N–H and O–H groups in total. The molecular weight excluding hydrogens is 370 g/mol. The second-order valence-electron chi connectivity index (χ2n) is 5.67. The largest absolute Gasteiger partial charge is 0.295 e. The Hall–Kier alpha value is -1.24. The zero-order chi connectivity index (χ0) is 17.3. The standard InChI is InChI=1S/C17H15ClF2N2S2/c1-10(11-3-5-12(6-4-11)24-17(2,19)20)7-14-15-13(18)8-23-16(15)22-9-21-14/h3-6,8-10H,7H2,1-2H3. The van der Waals surface area contributed by atoms with Crippen molar-refractivity contribution in [3.63, 3.8) is 0 Å². The van der Waals surface area contributed by atoms with E-state index < -0.39 is 5.25 Å². The van der Waals surface area contributed by atoms with Gasteiger partial charge in [0.15, 0.2) is 0 Å². The summed E-state index contributed by atoms with van der Waals surface area (Å²) in [5, 5.41) is 0.685. The summed E-state index contributed by atoms with van der Waals surface area (Å²) in [7, 11) is 0. The number of rotatable bonds is 5. The van der Waals surface area contributed by atoms with E-state index in [1.54, 1.807) is 18.5 Å². The highest BCUT2D eigenvalue weighted by Crippen LogP contribution is 2.36. The quantitative estimate of drug-likeness (QED) is 0.476. The van der Waals surface area contributed by atoms with Crippen LogP contribution in [0.25, 0.3) is 10.2 Å². The Labute approximate surface area is 152 Å². The highest BCUT2D eigenvalue weighted by molar-refractivity contribution is 8.00. The minimum absolute atomic E-state index is 0.195. The molecule has 3 aromatic rings. The topological polar surface area (TPSA) is 25.8 Å². The molecule has 0 saturated carbocycles. The molecule has 1 atom stereocenters. The molecule has 2 heterocycles. The summed E-state index contributed by atoms with van der Waals surface area (Å²) in [4.78, 5) is 10.1. The van der Waals surface area contributed by atoms with E-state index in [0.717, 1.165) is 28.4 Å². The fourth-order valence-electron chi connectivity index (χ4n) is 2.53. The Bertz CT molecular complexity index is 844. The number of thiophene rings is 1. The van der Waals surface area contributed by atoms with Crippen LogP contribution in [0.5, 0.6) is 0 Å². The molecular formula is C17H15ClF2N2S2. The van der Waals surface area contributed by atoms with Crippen molar-refractivity contribution in [3.05, 3.63) is 52.3 Å². The Balaban J connectivity index is 1.79. The first kappa shape index (κ1) is 17.6. The number of hydrogen-bond donors (Lipinski definition) is 0. The molecule has 0 amide bonds. The maximum atomic E-state index is 13.0. The van der Waals surface area contributed by atoms with Crippen molar-refractivity contribution in [1.29, 1.82) is 0 Å². The number of halogens is 3. The summed E-state index contributed by atoms with van der Waals surface area (Å²) >= 11 is 8.31. The van der Waals surface area contributed by atoms with Crippen LogP contribution in [0.15, 0.2) is 40.9 Å². The number of hydrogen-bond acceptors (Lipinski definition) is 4. The summed E-state index contributed by atoms with van der Waals surface area (Å²) < 4.78 is 26.1. The number of aromatic nitrogens is 2. The van der Waals surface area contributed by atoms with Gasteiger partial charge in [-0.2, -0.15) is 8.78 Å². The van der Waals surface area contributed by atoms with E-state index >= 15 is 0 Å². The van der Waals surface area contributed by atoms with Crippen LogP contribution in [0.2, 0.25) is 5.02 Å². The van der Waals surface area contributed by atoms with Gasteiger partial charge >= 0.3 is 0 Å². The maximum absolute atomic E-state index is 13.0. The van der Waals surface area contributed by atoms with Gasteiger partial charge in [0.05, 0.1) is 16.1 Å². The van der Waals surface area contributed by atoms with Gasteiger partial charge in [0.25, 0.3) is 5.25 Å². The van der Waals surface area contributed by atoms with E-state index in [2.05, 4.69) is 16.9 Å². The Morgan fingerprint density at radius 2 is 1.96 bits per heavy atom. The monoisotopic (exact) mass is 384 g/mol. The van der Waals surface area contributed by atoms with Gasteiger partial charge in [-0.3, -0.25) is 0 Å². The van der Waals surface area contributed by atoms with Crippen molar-refractivity contribution < 1.29 is 8.78 Å². The Morgan fingerprint density at radius 1 is 1.25 bits per heavy atom. The molecule has 0 aliphatic heterocycles. The fourth-order valence-corrected chi connectivity index (χ4v) is 4.39. The highest BCUT2D eigenvalue weighted by Gasteiger charge is 2.22. The molecule has 7 heteroatoms. The van der Waals surface area contributed by atoms with Crippen LogP contribution in [-0.2, 0) is 6.42 Å². The van der Waals surface area contributed by atoms with Gasteiger partial charge < -0.3 is 0 Å². The third kappa shape index (κ3) is 4.05. The molecule has 0 saturated heterocycles. The predicted octanol–water partition coefficient (Wildman–Crippen LogP) is 6.40. The summed E-state index contributed by atoms with van der Waals surface area (Å²) in [6, 6.07) is 7.26. The SMILES string of the molecule is CC(Cc1ncnc2scc(Cl)c12)c1ccc(SC(C)(F)F)cc1. The second kappa shape index (κ2) is 6.94. The van der Waals surface area contributed by atoms with Crippen LogP contribution in [0.4, 0.5) is 8.78 Å².